The van der Waals surface area contributed by atoms with Gasteiger partial charge in [-0.25, -0.2) is 0 Å². The normalized spacial score (nSPS) is 11.8. The van der Waals surface area contributed by atoms with Gasteiger partial charge in [-0.2, -0.15) is 0 Å². The van der Waals surface area contributed by atoms with Gasteiger partial charge in [0.25, 0.3) is 0 Å². The average molecular weight is 290 g/mol. The van der Waals surface area contributed by atoms with Gasteiger partial charge in [0.1, 0.15) is 0 Å². The van der Waals surface area contributed by atoms with E-state index in [2.05, 4.69) is 24.5 Å². The fraction of sp³-hybridized carbons (Fsp3) is 0.529. The van der Waals surface area contributed by atoms with Crippen molar-refractivity contribution in [2.45, 2.75) is 46.5 Å². The van der Waals surface area contributed by atoms with E-state index in [-0.39, 0.29) is 0 Å². The molecule has 1 rings (SSSR count). The minimum absolute atomic E-state index is 0.445. The van der Waals surface area contributed by atoms with Crippen LogP contribution in [0.4, 0.5) is 5.69 Å². The van der Waals surface area contributed by atoms with E-state index in [0.29, 0.717) is 18.2 Å². The van der Waals surface area contributed by atoms with Gasteiger partial charge < -0.3 is 10.6 Å². The molecule has 0 aromatic heterocycles. The van der Waals surface area contributed by atoms with Crippen LogP contribution in [-0.2, 0) is 9.59 Å². The molecule has 0 spiro atoms. The van der Waals surface area contributed by atoms with Crippen molar-refractivity contribution in [3.8, 4) is 0 Å². The van der Waals surface area contributed by atoms with Crippen LogP contribution in [0.15, 0.2) is 24.3 Å². The molecule has 2 amide bonds. The summed E-state index contributed by atoms with van der Waals surface area (Å²) in [6.45, 7) is 6.77. The van der Waals surface area contributed by atoms with Crippen LogP contribution in [0.25, 0.3) is 0 Å². The van der Waals surface area contributed by atoms with E-state index in [4.69, 9.17) is 0 Å². The van der Waals surface area contributed by atoms with Crippen LogP contribution < -0.4 is 10.6 Å². The molecule has 0 aliphatic rings. The summed E-state index contributed by atoms with van der Waals surface area (Å²) in [5, 5.41) is 5.34. The van der Waals surface area contributed by atoms with E-state index in [1.165, 1.54) is 0 Å². The molecule has 0 saturated heterocycles. The first kappa shape index (κ1) is 17.2. The Morgan fingerprint density at radius 2 is 1.95 bits per heavy atom. The van der Waals surface area contributed by atoms with Crippen molar-refractivity contribution in [3.05, 3.63) is 29.8 Å². The Labute approximate surface area is 127 Å². The maximum Gasteiger partial charge on any atom is 0.313 e. The molecular formula is C17H26N2O2. The fourth-order valence-corrected chi connectivity index (χ4v) is 2.17. The molecule has 0 aliphatic heterocycles. The van der Waals surface area contributed by atoms with Crippen molar-refractivity contribution < 1.29 is 9.59 Å². The van der Waals surface area contributed by atoms with Crippen LogP contribution in [-0.4, -0.2) is 18.4 Å². The van der Waals surface area contributed by atoms with Crippen molar-refractivity contribution in [3.63, 3.8) is 0 Å². The monoisotopic (exact) mass is 290 g/mol. The lowest BCUT2D eigenvalue weighted by Gasteiger charge is -2.15. The van der Waals surface area contributed by atoms with Gasteiger partial charge >= 0.3 is 11.8 Å². The molecule has 0 aliphatic carbocycles. The Morgan fingerprint density at radius 1 is 1.19 bits per heavy atom. The number of nitrogens with one attached hydrogen (secondary N) is 2. The Bertz CT molecular complexity index is 472. The van der Waals surface area contributed by atoms with Gasteiger partial charge in [0.15, 0.2) is 0 Å². The van der Waals surface area contributed by atoms with Gasteiger partial charge in [0, 0.05) is 12.2 Å². The molecule has 1 aromatic carbocycles. The molecule has 4 heteroatoms. The Hall–Kier alpha value is -1.84. The second-order valence-electron chi connectivity index (χ2n) is 5.45. The Balaban J connectivity index is 2.42. The minimum Gasteiger partial charge on any atom is -0.348 e. The van der Waals surface area contributed by atoms with Crippen LogP contribution in [0, 0.1) is 12.8 Å². The molecule has 0 saturated carbocycles. The number of unbranched alkanes of at least 4 members (excludes halogenated alkanes) is 1. The van der Waals surface area contributed by atoms with E-state index in [1.54, 1.807) is 6.07 Å². The summed E-state index contributed by atoms with van der Waals surface area (Å²) in [6, 6.07) is 7.39. The van der Waals surface area contributed by atoms with Gasteiger partial charge in [-0.3, -0.25) is 9.59 Å². The Morgan fingerprint density at radius 3 is 2.57 bits per heavy atom. The summed E-state index contributed by atoms with van der Waals surface area (Å²) < 4.78 is 0. The lowest BCUT2D eigenvalue weighted by atomic mass is 9.99. The number of benzene rings is 1. The van der Waals surface area contributed by atoms with Crippen molar-refractivity contribution in [2.24, 2.45) is 5.92 Å². The molecule has 0 bridgehead atoms. The first-order valence-corrected chi connectivity index (χ1v) is 7.72. The second kappa shape index (κ2) is 9.16. The topological polar surface area (TPSA) is 58.2 Å². The highest BCUT2D eigenvalue weighted by molar-refractivity contribution is 6.39. The molecule has 0 radical (unpaired) electrons. The standard InChI is InChI=1S/C17H26N2O2/c1-4-6-9-14(5-2)12-18-16(20)17(21)19-15-10-7-8-13(3)11-15/h7-8,10-11,14H,4-6,9,12H2,1-3H3,(H,18,20)(H,19,21)/t14-/m1/s1. The largest absolute Gasteiger partial charge is 0.348 e. The summed E-state index contributed by atoms with van der Waals surface area (Å²) in [5.74, 6) is -0.724. The van der Waals surface area contributed by atoms with Crippen LogP contribution in [0.2, 0.25) is 0 Å². The van der Waals surface area contributed by atoms with Gasteiger partial charge in [-0.05, 0) is 37.0 Å². The Kier molecular flexibility index (Phi) is 7.51. The van der Waals surface area contributed by atoms with Crippen LogP contribution >= 0.6 is 0 Å². The summed E-state index contributed by atoms with van der Waals surface area (Å²) in [6.07, 6.45) is 4.41. The third kappa shape index (κ3) is 6.43. The highest BCUT2D eigenvalue weighted by Crippen LogP contribution is 2.11. The van der Waals surface area contributed by atoms with E-state index < -0.39 is 11.8 Å². The zero-order chi connectivity index (χ0) is 15.7. The SMILES string of the molecule is CCCC[C@@H](CC)CNC(=O)C(=O)Nc1cccc(C)c1. The van der Waals surface area contributed by atoms with E-state index in [0.717, 1.165) is 31.2 Å². The summed E-state index contributed by atoms with van der Waals surface area (Å²) in [4.78, 5) is 23.6. The third-order valence-electron chi connectivity index (χ3n) is 3.58. The molecule has 116 valence electrons. The summed E-state index contributed by atoms with van der Waals surface area (Å²) in [5.41, 5.74) is 1.69. The number of rotatable bonds is 7. The minimum atomic E-state index is -0.606. The number of carbonyl (C=O) groups is 2. The molecule has 4 nitrogen and oxygen atoms in total. The zero-order valence-electron chi connectivity index (χ0n) is 13.2. The van der Waals surface area contributed by atoms with Gasteiger partial charge in [0.2, 0.25) is 0 Å². The fourth-order valence-electron chi connectivity index (χ4n) is 2.17. The highest BCUT2D eigenvalue weighted by atomic mass is 16.2. The van der Waals surface area contributed by atoms with Crippen molar-refractivity contribution in [1.82, 2.24) is 5.32 Å². The number of hydrogen-bond donors (Lipinski definition) is 2. The van der Waals surface area contributed by atoms with Gasteiger partial charge in [-0.15, -0.1) is 0 Å². The molecule has 0 unspecified atom stereocenters. The number of anilines is 1. The lowest BCUT2D eigenvalue weighted by molar-refractivity contribution is -0.136. The molecule has 0 heterocycles. The maximum absolute atomic E-state index is 11.8. The second-order valence-corrected chi connectivity index (χ2v) is 5.45. The molecule has 0 fully saturated rings. The van der Waals surface area contributed by atoms with Crippen LogP contribution in [0.5, 0.6) is 0 Å². The molecule has 2 N–H and O–H groups in total. The number of carbonyl (C=O) groups excluding carboxylic acids is 2. The predicted octanol–water partition coefficient (Wildman–Crippen LogP) is 3.27. The van der Waals surface area contributed by atoms with Crippen LogP contribution in [0.3, 0.4) is 0 Å². The summed E-state index contributed by atoms with van der Waals surface area (Å²) >= 11 is 0. The first-order valence-electron chi connectivity index (χ1n) is 7.72. The quantitative estimate of drug-likeness (QED) is 0.757. The highest BCUT2D eigenvalue weighted by Gasteiger charge is 2.15. The lowest BCUT2D eigenvalue weighted by Crippen LogP contribution is -2.38. The summed E-state index contributed by atoms with van der Waals surface area (Å²) in [7, 11) is 0. The van der Waals surface area contributed by atoms with Crippen molar-refractivity contribution >= 4 is 17.5 Å². The maximum atomic E-state index is 11.8. The zero-order valence-corrected chi connectivity index (χ0v) is 13.2. The van der Waals surface area contributed by atoms with E-state index in [1.807, 2.05) is 25.1 Å². The van der Waals surface area contributed by atoms with E-state index in [9.17, 15) is 9.59 Å². The van der Waals surface area contributed by atoms with Crippen molar-refractivity contribution in [1.29, 1.82) is 0 Å². The number of aryl methyl sites for hydroxylation is 1. The van der Waals surface area contributed by atoms with Crippen LogP contribution in [0.1, 0.15) is 45.1 Å². The van der Waals surface area contributed by atoms with Gasteiger partial charge in [-0.1, -0.05) is 45.2 Å². The predicted molar refractivity (Wildman–Crippen MR) is 86.1 cm³/mol. The number of hydrogen-bond acceptors (Lipinski definition) is 2. The number of amides is 2. The molecule has 1 aromatic rings. The van der Waals surface area contributed by atoms with E-state index >= 15 is 0 Å². The molecular weight excluding hydrogens is 264 g/mol. The third-order valence-corrected chi connectivity index (χ3v) is 3.58. The average Bonchev–Trinajstić information content (AvgIpc) is 2.47. The van der Waals surface area contributed by atoms with Crippen molar-refractivity contribution in [2.75, 3.05) is 11.9 Å². The smallest absolute Gasteiger partial charge is 0.313 e. The van der Waals surface area contributed by atoms with Gasteiger partial charge in [0.05, 0.1) is 0 Å². The molecule has 21 heavy (non-hydrogen) atoms. The first-order chi connectivity index (χ1) is 10.1. The molecule has 1 atom stereocenters.